The minimum absolute atomic E-state index is 0.419. The highest BCUT2D eigenvalue weighted by molar-refractivity contribution is 4.44. The standard InChI is InChI=1S/C4H9NO/c1-4(2)3-5-6/h4H,3H2,1-2H3. The van der Waals surface area contributed by atoms with E-state index in [-0.39, 0.29) is 0 Å². The van der Waals surface area contributed by atoms with Gasteiger partial charge in [-0.1, -0.05) is 19.0 Å². The Balaban J connectivity index is 2.81. The highest BCUT2D eigenvalue weighted by atomic mass is 16.3. The first kappa shape index (κ1) is 5.60. The molecule has 0 unspecified atom stereocenters. The van der Waals surface area contributed by atoms with E-state index < -0.39 is 0 Å². The Labute approximate surface area is 37.5 Å². The van der Waals surface area contributed by atoms with Crippen LogP contribution in [0.5, 0.6) is 0 Å². The third kappa shape index (κ3) is 3.60. The average Bonchev–Trinajstić information content (AvgIpc) is 1.35. The normalized spacial score (nSPS) is 9.17. The molecule has 0 aromatic carbocycles. The van der Waals surface area contributed by atoms with Gasteiger partial charge in [-0.3, -0.25) is 0 Å². The van der Waals surface area contributed by atoms with Crippen molar-refractivity contribution in [3.05, 3.63) is 4.91 Å². The van der Waals surface area contributed by atoms with Gasteiger partial charge in [0.15, 0.2) is 0 Å². The van der Waals surface area contributed by atoms with Gasteiger partial charge in [-0.2, -0.15) is 4.91 Å². The van der Waals surface area contributed by atoms with Crippen LogP contribution < -0.4 is 0 Å². The Morgan fingerprint density at radius 3 is 2.17 bits per heavy atom. The second kappa shape index (κ2) is 2.82. The van der Waals surface area contributed by atoms with Crippen molar-refractivity contribution in [2.45, 2.75) is 13.8 Å². The first-order chi connectivity index (χ1) is 2.77. The largest absolute Gasteiger partial charge is 0.151 e. The molecule has 0 saturated heterocycles. The van der Waals surface area contributed by atoms with Crippen LogP contribution in [0.2, 0.25) is 0 Å². The van der Waals surface area contributed by atoms with Crippen molar-refractivity contribution >= 4 is 0 Å². The Morgan fingerprint density at radius 1 is 1.67 bits per heavy atom. The molecule has 0 atom stereocenters. The lowest BCUT2D eigenvalue weighted by molar-refractivity contribution is 0.663. The quantitative estimate of drug-likeness (QED) is 0.468. The van der Waals surface area contributed by atoms with Crippen molar-refractivity contribution in [1.29, 1.82) is 0 Å². The summed E-state index contributed by atoms with van der Waals surface area (Å²) in [4.78, 5) is 9.37. The van der Waals surface area contributed by atoms with Crippen LogP contribution in [0.4, 0.5) is 0 Å². The second-order valence-electron chi connectivity index (χ2n) is 1.71. The van der Waals surface area contributed by atoms with Gasteiger partial charge in [-0.05, 0) is 5.92 Å². The number of rotatable bonds is 2. The molecule has 0 aromatic rings. The number of hydrogen-bond acceptors (Lipinski definition) is 2. The molecule has 6 heavy (non-hydrogen) atoms. The van der Waals surface area contributed by atoms with Gasteiger partial charge in [0, 0.05) is 0 Å². The topological polar surface area (TPSA) is 29.4 Å². The molecule has 0 heterocycles. The van der Waals surface area contributed by atoms with Crippen molar-refractivity contribution in [3.63, 3.8) is 0 Å². The minimum Gasteiger partial charge on any atom is -0.151 e. The molecule has 0 saturated carbocycles. The molecular weight excluding hydrogens is 78.0 g/mol. The highest BCUT2D eigenvalue weighted by Gasteiger charge is 1.86. The van der Waals surface area contributed by atoms with Crippen LogP contribution >= 0.6 is 0 Å². The lowest BCUT2D eigenvalue weighted by Crippen LogP contribution is -1.88. The molecule has 0 aliphatic heterocycles. The first-order valence-corrected chi connectivity index (χ1v) is 2.06. The molecule has 0 aromatic heterocycles. The molecule has 0 bridgehead atoms. The van der Waals surface area contributed by atoms with Crippen LogP contribution in [0.25, 0.3) is 0 Å². The van der Waals surface area contributed by atoms with E-state index in [0.29, 0.717) is 12.5 Å². The first-order valence-electron chi connectivity index (χ1n) is 2.06. The Bertz CT molecular complexity index is 42.8. The fraction of sp³-hybridized carbons (Fsp3) is 1.00. The molecule has 0 aliphatic rings. The molecule has 0 fully saturated rings. The van der Waals surface area contributed by atoms with Gasteiger partial charge in [-0.25, -0.2) is 0 Å². The Kier molecular flexibility index (Phi) is 2.63. The average molecular weight is 87.1 g/mol. The number of nitroso groups, excluding NO2 is 1. The van der Waals surface area contributed by atoms with E-state index in [1.807, 2.05) is 13.8 Å². The van der Waals surface area contributed by atoms with Gasteiger partial charge in [0.25, 0.3) is 0 Å². The molecule has 0 radical (unpaired) electrons. The highest BCUT2D eigenvalue weighted by Crippen LogP contribution is 1.88. The van der Waals surface area contributed by atoms with Crippen LogP contribution in [0.1, 0.15) is 13.8 Å². The maximum Gasteiger partial charge on any atom is 0.0834 e. The van der Waals surface area contributed by atoms with Gasteiger partial charge in [0.1, 0.15) is 0 Å². The van der Waals surface area contributed by atoms with E-state index >= 15 is 0 Å². The van der Waals surface area contributed by atoms with E-state index in [1.165, 1.54) is 0 Å². The summed E-state index contributed by atoms with van der Waals surface area (Å²) >= 11 is 0. The molecule has 0 amide bonds. The fourth-order valence-corrected chi connectivity index (χ4v) is 0.149. The molecule has 36 valence electrons. The van der Waals surface area contributed by atoms with E-state index in [9.17, 15) is 4.91 Å². The SMILES string of the molecule is CC(C)CN=O. The smallest absolute Gasteiger partial charge is 0.0834 e. The van der Waals surface area contributed by atoms with Crippen LogP contribution in [0, 0.1) is 10.8 Å². The summed E-state index contributed by atoms with van der Waals surface area (Å²) in [6.45, 7) is 4.36. The van der Waals surface area contributed by atoms with Crippen molar-refractivity contribution in [2.24, 2.45) is 11.1 Å². The zero-order chi connectivity index (χ0) is 4.99. The van der Waals surface area contributed by atoms with Crippen LogP contribution in [-0.2, 0) is 0 Å². The molecular formula is C4H9NO. The van der Waals surface area contributed by atoms with Gasteiger partial charge in [0.2, 0.25) is 0 Å². The number of hydrogen-bond donors (Lipinski definition) is 0. The monoisotopic (exact) mass is 87.1 g/mol. The summed E-state index contributed by atoms with van der Waals surface area (Å²) in [7, 11) is 0. The Hall–Kier alpha value is -0.400. The van der Waals surface area contributed by atoms with Crippen LogP contribution in [0.3, 0.4) is 0 Å². The van der Waals surface area contributed by atoms with Gasteiger partial charge in [0.05, 0.1) is 6.54 Å². The summed E-state index contributed by atoms with van der Waals surface area (Å²) in [5.74, 6) is 0.419. The molecule has 0 rings (SSSR count). The predicted octanol–water partition coefficient (Wildman–Crippen LogP) is 1.41. The molecule has 2 heteroatoms. The third-order valence-electron chi connectivity index (χ3n) is 0.440. The Morgan fingerprint density at radius 2 is 2.17 bits per heavy atom. The maximum absolute atomic E-state index is 9.37. The number of nitrogens with zero attached hydrogens (tertiary/aromatic N) is 1. The molecule has 2 nitrogen and oxygen atoms in total. The summed E-state index contributed by atoms with van der Waals surface area (Å²) < 4.78 is 0. The predicted molar refractivity (Wildman–Crippen MR) is 25.5 cm³/mol. The maximum atomic E-state index is 9.37. The summed E-state index contributed by atoms with van der Waals surface area (Å²) in [6.07, 6.45) is 0. The lowest BCUT2D eigenvalue weighted by Gasteiger charge is -1.88. The lowest BCUT2D eigenvalue weighted by atomic mass is 10.2. The van der Waals surface area contributed by atoms with Gasteiger partial charge in [-0.15, -0.1) is 0 Å². The van der Waals surface area contributed by atoms with E-state index in [1.54, 1.807) is 0 Å². The van der Waals surface area contributed by atoms with E-state index in [2.05, 4.69) is 5.18 Å². The van der Waals surface area contributed by atoms with Crippen molar-refractivity contribution in [1.82, 2.24) is 0 Å². The second-order valence-corrected chi connectivity index (χ2v) is 1.71. The van der Waals surface area contributed by atoms with Crippen molar-refractivity contribution < 1.29 is 0 Å². The fourth-order valence-electron chi connectivity index (χ4n) is 0.149. The van der Waals surface area contributed by atoms with Gasteiger partial charge >= 0.3 is 0 Å². The van der Waals surface area contributed by atoms with E-state index in [0.717, 1.165) is 0 Å². The summed E-state index contributed by atoms with van der Waals surface area (Å²) in [5, 5.41) is 2.69. The molecule has 0 N–H and O–H groups in total. The van der Waals surface area contributed by atoms with E-state index in [4.69, 9.17) is 0 Å². The third-order valence-corrected chi connectivity index (χ3v) is 0.440. The molecule has 0 spiro atoms. The minimum atomic E-state index is 0.419. The van der Waals surface area contributed by atoms with Crippen LogP contribution in [0.15, 0.2) is 5.18 Å². The molecule has 0 aliphatic carbocycles. The van der Waals surface area contributed by atoms with Crippen LogP contribution in [-0.4, -0.2) is 6.54 Å². The zero-order valence-corrected chi connectivity index (χ0v) is 4.14. The summed E-state index contributed by atoms with van der Waals surface area (Å²) in [5.41, 5.74) is 0. The van der Waals surface area contributed by atoms with Gasteiger partial charge < -0.3 is 0 Å². The summed E-state index contributed by atoms with van der Waals surface area (Å²) in [6, 6.07) is 0. The van der Waals surface area contributed by atoms with Crippen molar-refractivity contribution in [2.75, 3.05) is 6.54 Å². The zero-order valence-electron chi connectivity index (χ0n) is 4.14. The van der Waals surface area contributed by atoms with Crippen molar-refractivity contribution in [3.8, 4) is 0 Å².